The van der Waals surface area contributed by atoms with Crippen LogP contribution in [0.4, 0.5) is 11.4 Å². The predicted molar refractivity (Wildman–Crippen MR) is 112 cm³/mol. The van der Waals surface area contributed by atoms with Crippen molar-refractivity contribution in [2.45, 2.75) is 0 Å². The summed E-state index contributed by atoms with van der Waals surface area (Å²) >= 11 is 0. The molecule has 164 valence electrons. The molecule has 2 aromatic rings. The molecule has 1 fully saturated rings. The van der Waals surface area contributed by atoms with Crippen LogP contribution in [0.15, 0.2) is 42.5 Å². The highest BCUT2D eigenvalue weighted by Gasteiger charge is 2.27. The van der Waals surface area contributed by atoms with Crippen molar-refractivity contribution in [3.8, 4) is 11.5 Å². The Morgan fingerprint density at radius 1 is 1.00 bits per heavy atom. The molecule has 0 aliphatic carbocycles. The van der Waals surface area contributed by atoms with Gasteiger partial charge in [-0.05, 0) is 12.1 Å². The van der Waals surface area contributed by atoms with Gasteiger partial charge in [-0.15, -0.1) is 0 Å². The standard InChI is InChI=1S/C21H23N3O7/c1-29-18-12-16(17(24(27)28)13-19(18)30-2)21(26)31-14-20(25)23-10-8-22(9-11-23)15-6-4-3-5-7-15/h3-7,12-13H,8-11,14H2,1-2H3. The number of anilines is 1. The van der Waals surface area contributed by atoms with E-state index in [1.807, 2.05) is 30.3 Å². The minimum Gasteiger partial charge on any atom is -0.493 e. The molecule has 31 heavy (non-hydrogen) atoms. The second kappa shape index (κ2) is 9.79. The molecule has 10 heteroatoms. The Labute approximate surface area is 179 Å². The SMILES string of the molecule is COc1cc(C(=O)OCC(=O)N2CCN(c3ccccc3)CC2)c([N+](=O)[O-])cc1OC. The topological polar surface area (TPSA) is 111 Å². The van der Waals surface area contributed by atoms with E-state index in [2.05, 4.69) is 4.90 Å². The van der Waals surface area contributed by atoms with Crippen LogP contribution in [-0.2, 0) is 9.53 Å². The van der Waals surface area contributed by atoms with Crippen LogP contribution < -0.4 is 14.4 Å². The van der Waals surface area contributed by atoms with Crippen LogP contribution in [0, 0.1) is 10.1 Å². The van der Waals surface area contributed by atoms with Gasteiger partial charge in [0.15, 0.2) is 18.1 Å². The molecule has 1 heterocycles. The first-order valence-corrected chi connectivity index (χ1v) is 9.60. The first-order valence-electron chi connectivity index (χ1n) is 9.60. The summed E-state index contributed by atoms with van der Waals surface area (Å²) in [4.78, 5) is 39.3. The van der Waals surface area contributed by atoms with Crippen LogP contribution in [0.1, 0.15) is 10.4 Å². The highest BCUT2D eigenvalue weighted by molar-refractivity contribution is 5.96. The minimum absolute atomic E-state index is 0.109. The summed E-state index contributed by atoms with van der Waals surface area (Å²) in [5, 5.41) is 11.3. The lowest BCUT2D eigenvalue weighted by Gasteiger charge is -2.36. The first kappa shape index (κ1) is 21.9. The summed E-state index contributed by atoms with van der Waals surface area (Å²) in [5.74, 6) is -1.09. The fourth-order valence-corrected chi connectivity index (χ4v) is 3.33. The fourth-order valence-electron chi connectivity index (χ4n) is 3.33. The van der Waals surface area contributed by atoms with E-state index in [1.165, 1.54) is 20.3 Å². The largest absolute Gasteiger partial charge is 0.493 e. The summed E-state index contributed by atoms with van der Waals surface area (Å²) < 4.78 is 15.2. The number of ether oxygens (including phenoxy) is 3. The average Bonchev–Trinajstić information content (AvgIpc) is 2.81. The van der Waals surface area contributed by atoms with Crippen LogP contribution in [0.3, 0.4) is 0 Å². The second-order valence-corrected chi connectivity index (χ2v) is 6.76. The third-order valence-corrected chi connectivity index (χ3v) is 5.00. The second-order valence-electron chi connectivity index (χ2n) is 6.76. The van der Waals surface area contributed by atoms with Crippen molar-refractivity contribution in [3.63, 3.8) is 0 Å². The first-order chi connectivity index (χ1) is 14.9. The quantitative estimate of drug-likeness (QED) is 0.374. The van der Waals surface area contributed by atoms with Gasteiger partial charge in [-0.1, -0.05) is 18.2 Å². The van der Waals surface area contributed by atoms with E-state index in [0.717, 1.165) is 11.8 Å². The van der Waals surface area contributed by atoms with Gasteiger partial charge >= 0.3 is 5.97 Å². The maximum absolute atomic E-state index is 12.5. The molecule has 1 amide bonds. The third kappa shape index (κ3) is 5.03. The normalized spacial score (nSPS) is 13.5. The maximum Gasteiger partial charge on any atom is 0.345 e. The molecule has 0 saturated carbocycles. The van der Waals surface area contributed by atoms with Gasteiger partial charge < -0.3 is 24.0 Å². The summed E-state index contributed by atoms with van der Waals surface area (Å²) in [6.07, 6.45) is 0. The van der Waals surface area contributed by atoms with Gasteiger partial charge in [0.1, 0.15) is 5.56 Å². The van der Waals surface area contributed by atoms with E-state index < -0.39 is 23.2 Å². The molecule has 0 aromatic heterocycles. The predicted octanol–water partition coefficient (Wildman–Crippen LogP) is 2.12. The Morgan fingerprint density at radius 2 is 1.61 bits per heavy atom. The molecule has 0 N–H and O–H groups in total. The van der Waals surface area contributed by atoms with E-state index in [1.54, 1.807) is 4.90 Å². The number of piperazine rings is 1. The Morgan fingerprint density at radius 3 is 2.19 bits per heavy atom. The number of methoxy groups -OCH3 is 2. The molecule has 1 saturated heterocycles. The van der Waals surface area contributed by atoms with Crippen molar-refractivity contribution in [2.75, 3.05) is 51.9 Å². The lowest BCUT2D eigenvalue weighted by Crippen LogP contribution is -2.49. The summed E-state index contributed by atoms with van der Waals surface area (Å²) in [7, 11) is 2.67. The van der Waals surface area contributed by atoms with Gasteiger partial charge in [0.2, 0.25) is 0 Å². The molecule has 1 aliphatic rings. The van der Waals surface area contributed by atoms with Crippen molar-refractivity contribution in [3.05, 3.63) is 58.1 Å². The molecular formula is C21H23N3O7. The number of rotatable bonds is 7. The van der Waals surface area contributed by atoms with Crippen molar-refractivity contribution in [1.29, 1.82) is 0 Å². The summed E-state index contributed by atoms with van der Waals surface area (Å²) in [5.41, 5.74) is 0.276. The molecule has 0 bridgehead atoms. The minimum atomic E-state index is -0.982. The smallest absolute Gasteiger partial charge is 0.345 e. The van der Waals surface area contributed by atoms with E-state index >= 15 is 0 Å². The number of nitro benzene ring substituents is 1. The van der Waals surface area contributed by atoms with E-state index in [9.17, 15) is 19.7 Å². The van der Waals surface area contributed by atoms with Gasteiger partial charge in [-0.2, -0.15) is 0 Å². The van der Waals surface area contributed by atoms with Crippen LogP contribution in [0.2, 0.25) is 0 Å². The van der Waals surface area contributed by atoms with E-state index in [0.29, 0.717) is 26.2 Å². The number of esters is 1. The van der Waals surface area contributed by atoms with E-state index in [-0.39, 0.29) is 23.0 Å². The number of hydrogen-bond donors (Lipinski definition) is 0. The number of carbonyl (C=O) groups excluding carboxylic acids is 2. The number of amides is 1. The molecule has 0 radical (unpaired) electrons. The number of benzene rings is 2. The monoisotopic (exact) mass is 429 g/mol. The van der Waals surface area contributed by atoms with Crippen molar-refractivity contribution in [2.24, 2.45) is 0 Å². The van der Waals surface area contributed by atoms with Crippen molar-refractivity contribution >= 4 is 23.3 Å². The van der Waals surface area contributed by atoms with Crippen LogP contribution in [0.5, 0.6) is 11.5 Å². The Balaban J connectivity index is 1.61. The molecule has 2 aromatic carbocycles. The third-order valence-electron chi connectivity index (χ3n) is 5.00. The Kier molecular flexibility index (Phi) is 6.91. The number of para-hydroxylation sites is 1. The Bertz CT molecular complexity index is 957. The van der Waals surface area contributed by atoms with Crippen LogP contribution in [-0.4, -0.2) is 68.7 Å². The zero-order chi connectivity index (χ0) is 22.4. The zero-order valence-electron chi connectivity index (χ0n) is 17.3. The number of hydrogen-bond acceptors (Lipinski definition) is 8. The Hall–Kier alpha value is -3.82. The number of carbonyl (C=O) groups is 2. The van der Waals surface area contributed by atoms with Gasteiger partial charge in [0.05, 0.1) is 25.2 Å². The number of nitro groups is 1. The molecular weight excluding hydrogens is 406 g/mol. The molecule has 0 atom stereocenters. The molecule has 3 rings (SSSR count). The molecule has 0 unspecified atom stereocenters. The van der Waals surface area contributed by atoms with Gasteiger partial charge in [0, 0.05) is 37.9 Å². The van der Waals surface area contributed by atoms with Gasteiger partial charge in [0.25, 0.3) is 11.6 Å². The summed E-state index contributed by atoms with van der Waals surface area (Å²) in [6.45, 7) is 1.79. The molecule has 1 aliphatic heterocycles. The molecule has 0 spiro atoms. The highest BCUT2D eigenvalue weighted by Crippen LogP contribution is 2.34. The fraction of sp³-hybridized carbons (Fsp3) is 0.333. The summed E-state index contributed by atoms with van der Waals surface area (Å²) in [6, 6.07) is 12.1. The zero-order valence-corrected chi connectivity index (χ0v) is 17.3. The molecule has 10 nitrogen and oxygen atoms in total. The highest BCUT2D eigenvalue weighted by atomic mass is 16.6. The lowest BCUT2D eigenvalue weighted by atomic mass is 10.1. The van der Waals surface area contributed by atoms with Crippen molar-refractivity contribution < 1.29 is 28.7 Å². The lowest BCUT2D eigenvalue weighted by molar-refractivity contribution is -0.385. The van der Waals surface area contributed by atoms with Crippen LogP contribution in [0.25, 0.3) is 0 Å². The van der Waals surface area contributed by atoms with Crippen molar-refractivity contribution in [1.82, 2.24) is 4.90 Å². The number of nitrogens with zero attached hydrogens (tertiary/aromatic N) is 3. The van der Waals surface area contributed by atoms with Gasteiger partial charge in [-0.3, -0.25) is 14.9 Å². The van der Waals surface area contributed by atoms with Crippen LogP contribution >= 0.6 is 0 Å². The maximum atomic E-state index is 12.5. The van der Waals surface area contributed by atoms with Gasteiger partial charge in [-0.25, -0.2) is 4.79 Å². The average molecular weight is 429 g/mol. The van der Waals surface area contributed by atoms with E-state index in [4.69, 9.17) is 14.2 Å².